The first kappa shape index (κ1) is 37.8. The Morgan fingerprint density at radius 3 is 1.18 bits per heavy atom. The average molecular weight is 655 g/mol. The molecule has 2 N–H and O–H groups in total. The molecule has 4 aromatic rings. The zero-order valence-electron chi connectivity index (χ0n) is 22.8. The summed E-state index contributed by atoms with van der Waals surface area (Å²) in [4.78, 5) is 5.16. The van der Waals surface area contributed by atoms with Crippen molar-refractivity contribution in [3.63, 3.8) is 0 Å². The molecule has 0 amide bonds. The molecule has 4 nitrogen and oxygen atoms in total. The number of hydrogen-bond acceptors (Lipinski definition) is 4. The van der Waals surface area contributed by atoms with Gasteiger partial charge in [0.25, 0.3) is 0 Å². The Hall–Kier alpha value is -1.23. The SMILES string of the molecule is [Fe].[Fe].[Ni+2].c1cc[c-](CN2CCCNCCN(C[c-]3cccc3)CCCNCC2)c1.c1cc[cH-]c1.c1cc[cH-]c1. The fourth-order valence-corrected chi connectivity index (χ4v) is 4.32. The molecule has 1 heterocycles. The van der Waals surface area contributed by atoms with E-state index in [-0.39, 0.29) is 50.6 Å². The van der Waals surface area contributed by atoms with E-state index in [9.17, 15) is 0 Å². The van der Waals surface area contributed by atoms with Crippen LogP contribution in [-0.2, 0) is 63.7 Å². The van der Waals surface area contributed by atoms with E-state index in [1.54, 1.807) is 0 Å². The van der Waals surface area contributed by atoms with Crippen LogP contribution in [0.15, 0.2) is 109 Å². The topological polar surface area (TPSA) is 30.5 Å². The molecule has 1 aliphatic rings. The Bertz CT molecular complexity index is 796. The summed E-state index contributed by atoms with van der Waals surface area (Å²) in [5.41, 5.74) is 2.87. The predicted octanol–water partition coefficient (Wildman–Crippen LogP) is 5.21. The quantitative estimate of drug-likeness (QED) is 0.234. The number of rotatable bonds is 4. The molecule has 7 heteroatoms. The summed E-state index contributed by atoms with van der Waals surface area (Å²) in [7, 11) is 0. The van der Waals surface area contributed by atoms with Crippen molar-refractivity contribution in [2.45, 2.75) is 25.9 Å². The van der Waals surface area contributed by atoms with Crippen molar-refractivity contribution < 1.29 is 50.6 Å². The van der Waals surface area contributed by atoms with E-state index in [2.05, 4.69) is 69.0 Å². The predicted molar refractivity (Wildman–Crippen MR) is 154 cm³/mol. The Morgan fingerprint density at radius 1 is 0.513 bits per heavy atom. The minimum atomic E-state index is 0. The first-order chi connectivity index (χ1) is 17.9. The molecular formula is C32H44Fe2N4Ni-2. The Labute approximate surface area is 268 Å². The van der Waals surface area contributed by atoms with Crippen LogP contribution in [0.2, 0.25) is 0 Å². The van der Waals surface area contributed by atoms with Crippen molar-refractivity contribution in [1.29, 1.82) is 0 Å². The largest absolute Gasteiger partial charge is 2.00 e. The van der Waals surface area contributed by atoms with Crippen molar-refractivity contribution in [2.75, 3.05) is 52.4 Å². The maximum atomic E-state index is 3.64. The van der Waals surface area contributed by atoms with E-state index in [1.807, 2.05) is 60.7 Å². The van der Waals surface area contributed by atoms with Gasteiger partial charge >= 0.3 is 16.5 Å². The maximum absolute atomic E-state index is 3.64. The fraction of sp³-hybridized carbons (Fsp3) is 0.375. The molecule has 1 saturated heterocycles. The van der Waals surface area contributed by atoms with Crippen LogP contribution in [0, 0.1) is 0 Å². The molecule has 0 aliphatic carbocycles. The molecular weight excluding hydrogens is 611 g/mol. The molecule has 5 rings (SSSR count). The second-order valence-corrected chi connectivity index (χ2v) is 9.27. The van der Waals surface area contributed by atoms with Crippen LogP contribution in [0.5, 0.6) is 0 Å². The van der Waals surface area contributed by atoms with E-state index >= 15 is 0 Å². The first-order valence-corrected chi connectivity index (χ1v) is 13.5. The first-order valence-electron chi connectivity index (χ1n) is 13.5. The van der Waals surface area contributed by atoms with Gasteiger partial charge in [0.05, 0.1) is 0 Å². The molecule has 0 saturated carbocycles. The number of hydrogen-bond donors (Lipinski definition) is 2. The molecule has 39 heavy (non-hydrogen) atoms. The van der Waals surface area contributed by atoms with Crippen LogP contribution < -0.4 is 10.6 Å². The van der Waals surface area contributed by atoms with Crippen LogP contribution in [0.25, 0.3) is 0 Å². The zero-order chi connectivity index (χ0) is 24.9. The maximum Gasteiger partial charge on any atom is 2.00 e. The van der Waals surface area contributed by atoms with Gasteiger partial charge in [-0.15, -0.1) is 11.1 Å². The van der Waals surface area contributed by atoms with Crippen molar-refractivity contribution >= 4 is 0 Å². The van der Waals surface area contributed by atoms with Gasteiger partial charge in [0.2, 0.25) is 0 Å². The van der Waals surface area contributed by atoms with Crippen LogP contribution in [-0.4, -0.2) is 62.2 Å². The third kappa shape index (κ3) is 18.7. The molecule has 0 atom stereocenters. The van der Waals surface area contributed by atoms with Crippen LogP contribution in [0.1, 0.15) is 24.0 Å². The van der Waals surface area contributed by atoms with E-state index in [0.29, 0.717) is 0 Å². The summed E-state index contributed by atoms with van der Waals surface area (Å²) in [6.45, 7) is 11.1. The normalized spacial score (nSPS) is 15.4. The zero-order valence-corrected chi connectivity index (χ0v) is 26.0. The smallest absolute Gasteiger partial charge is 0.315 e. The van der Waals surface area contributed by atoms with Crippen molar-refractivity contribution in [3.05, 3.63) is 120 Å². The van der Waals surface area contributed by atoms with E-state index in [1.165, 1.54) is 24.0 Å². The number of nitrogens with one attached hydrogen (secondary N) is 2. The Balaban J connectivity index is 0.000000930. The van der Waals surface area contributed by atoms with Gasteiger partial charge < -0.3 is 20.4 Å². The molecule has 0 radical (unpaired) electrons. The van der Waals surface area contributed by atoms with Crippen molar-refractivity contribution in [3.8, 4) is 0 Å². The van der Waals surface area contributed by atoms with Crippen molar-refractivity contribution in [2.24, 2.45) is 0 Å². The summed E-state index contributed by atoms with van der Waals surface area (Å²) >= 11 is 0. The minimum Gasteiger partial charge on any atom is -0.315 e. The monoisotopic (exact) mass is 654 g/mol. The van der Waals surface area contributed by atoms with Crippen LogP contribution in [0.3, 0.4) is 0 Å². The van der Waals surface area contributed by atoms with Crippen LogP contribution >= 0.6 is 0 Å². The van der Waals surface area contributed by atoms with Gasteiger partial charge in [-0.25, -0.2) is 48.5 Å². The Kier molecular flexibility index (Phi) is 24.9. The summed E-state index contributed by atoms with van der Waals surface area (Å²) in [5.74, 6) is 0. The summed E-state index contributed by atoms with van der Waals surface area (Å²) in [6.07, 6.45) is 2.42. The third-order valence-corrected chi connectivity index (χ3v) is 6.25. The third-order valence-electron chi connectivity index (χ3n) is 6.25. The second-order valence-electron chi connectivity index (χ2n) is 9.27. The van der Waals surface area contributed by atoms with E-state index in [4.69, 9.17) is 0 Å². The van der Waals surface area contributed by atoms with E-state index in [0.717, 1.165) is 65.4 Å². The van der Waals surface area contributed by atoms with Gasteiger partial charge in [-0.1, -0.05) is 0 Å². The van der Waals surface area contributed by atoms with Gasteiger partial charge in [-0.3, -0.25) is 0 Å². The molecule has 1 aliphatic heterocycles. The average Bonchev–Trinajstić information content (AvgIpc) is 3.73. The summed E-state index contributed by atoms with van der Waals surface area (Å²) in [5, 5.41) is 7.29. The molecule has 0 unspecified atom stereocenters. The molecule has 0 aromatic heterocycles. The van der Waals surface area contributed by atoms with Gasteiger partial charge in [0, 0.05) is 60.3 Å². The van der Waals surface area contributed by atoms with Gasteiger partial charge in [0.1, 0.15) is 0 Å². The second kappa shape index (κ2) is 25.7. The van der Waals surface area contributed by atoms with Gasteiger partial charge in [0.15, 0.2) is 0 Å². The standard InChI is InChI=1S/C22H34N4.2C5H5.2Fe.Ni/c1-2-8-21(7-1)19-25-15-5-11-24-14-18-26(16-6-12-23-13-17-25)20-22-9-3-4-10-22;2*1-2-4-5-3-1;;;/h1-4,7-10,23-24H,5-6,11-20H2;2*1-5H;;;/q-2;2*-1;;;+2. The van der Waals surface area contributed by atoms with Crippen LogP contribution in [0.4, 0.5) is 0 Å². The number of nitrogens with zero attached hydrogens (tertiary/aromatic N) is 2. The fourth-order valence-electron chi connectivity index (χ4n) is 4.32. The van der Waals surface area contributed by atoms with Gasteiger partial charge in [-0.05, 0) is 52.1 Å². The van der Waals surface area contributed by atoms with Gasteiger partial charge in [-0.2, -0.15) is 60.7 Å². The van der Waals surface area contributed by atoms with Crippen molar-refractivity contribution in [1.82, 2.24) is 20.4 Å². The Morgan fingerprint density at radius 2 is 0.872 bits per heavy atom. The molecule has 1 fully saturated rings. The molecule has 0 bridgehead atoms. The van der Waals surface area contributed by atoms with E-state index < -0.39 is 0 Å². The minimum absolute atomic E-state index is 0. The molecule has 220 valence electrons. The molecule has 4 aromatic carbocycles. The summed E-state index contributed by atoms with van der Waals surface area (Å²) in [6, 6.07) is 37.5. The summed E-state index contributed by atoms with van der Waals surface area (Å²) < 4.78 is 0. The molecule has 0 spiro atoms.